The second-order valence-corrected chi connectivity index (χ2v) is 9.13. The van der Waals surface area contributed by atoms with Crippen LogP contribution in [0.4, 0.5) is 4.79 Å². The number of ether oxygens (including phenoxy) is 1. The van der Waals surface area contributed by atoms with E-state index in [4.69, 9.17) is 4.74 Å². The molecule has 2 amide bonds. The fraction of sp³-hybridized carbons (Fsp3) is 0.444. The second kappa shape index (κ2) is 9.87. The normalized spacial score (nSPS) is 17.2. The summed E-state index contributed by atoms with van der Waals surface area (Å²) < 4.78 is 5.69. The summed E-state index contributed by atoms with van der Waals surface area (Å²) in [5.41, 5.74) is 3.43. The lowest BCUT2D eigenvalue weighted by atomic mass is 9.90. The molecular formula is C27H32N2O5. The zero-order chi connectivity index (χ0) is 24.3. The molecule has 0 saturated carbocycles. The number of nitrogens with zero attached hydrogens (tertiary/aromatic N) is 1. The van der Waals surface area contributed by atoms with Gasteiger partial charge < -0.3 is 20.1 Å². The number of nitrogens with one attached hydrogen (secondary N) is 1. The molecule has 2 N–H and O–H groups in total. The average molecular weight is 465 g/mol. The summed E-state index contributed by atoms with van der Waals surface area (Å²) in [7, 11) is 0. The van der Waals surface area contributed by atoms with Crippen molar-refractivity contribution in [3.8, 4) is 11.1 Å². The first kappa shape index (κ1) is 23.8. The fourth-order valence-electron chi connectivity index (χ4n) is 5.40. The highest BCUT2D eigenvalue weighted by Gasteiger charge is 2.44. The minimum Gasteiger partial charge on any atom is -0.481 e. The summed E-state index contributed by atoms with van der Waals surface area (Å²) in [5.74, 6) is -1.22. The number of rotatable bonds is 8. The molecule has 1 fully saturated rings. The first-order chi connectivity index (χ1) is 16.4. The predicted octanol–water partition coefficient (Wildman–Crippen LogP) is 4.55. The standard InChI is InChI=1S/C27H32N2O5/c1-3-27(4-2,25(32)29-15-9-10-18(29)16-24(30)31)28-26(33)34-17-23-21-13-7-5-11-19(21)20-12-6-8-14-22(20)23/h5-8,11-14,18,23H,3-4,9-10,15-17H2,1-2H3,(H,28,33)(H,30,31). The SMILES string of the molecule is CCC(CC)(NC(=O)OCC1c2ccccc2-c2ccccc21)C(=O)N1CCCC1CC(=O)O. The van der Waals surface area contributed by atoms with Crippen molar-refractivity contribution in [2.45, 2.75) is 63.5 Å². The molecule has 2 aromatic carbocycles. The molecular weight excluding hydrogens is 432 g/mol. The van der Waals surface area contributed by atoms with E-state index in [0.29, 0.717) is 25.8 Å². The molecule has 1 aliphatic heterocycles. The number of hydrogen-bond acceptors (Lipinski definition) is 4. The van der Waals surface area contributed by atoms with Gasteiger partial charge >= 0.3 is 12.1 Å². The maximum Gasteiger partial charge on any atom is 0.408 e. The zero-order valence-corrected chi connectivity index (χ0v) is 19.8. The largest absolute Gasteiger partial charge is 0.481 e. The molecule has 7 heteroatoms. The number of amides is 2. The molecule has 1 aliphatic carbocycles. The highest BCUT2D eigenvalue weighted by Crippen LogP contribution is 2.44. The number of carbonyl (C=O) groups is 3. The summed E-state index contributed by atoms with van der Waals surface area (Å²) in [6, 6.07) is 15.9. The molecule has 2 aliphatic rings. The molecule has 4 rings (SSSR count). The molecule has 1 atom stereocenters. The maximum atomic E-state index is 13.5. The Bertz CT molecular complexity index is 1030. The molecule has 7 nitrogen and oxygen atoms in total. The summed E-state index contributed by atoms with van der Waals surface area (Å²) in [5, 5.41) is 12.1. The minimum atomic E-state index is -1.12. The molecule has 34 heavy (non-hydrogen) atoms. The lowest BCUT2D eigenvalue weighted by molar-refractivity contribution is -0.143. The first-order valence-electron chi connectivity index (χ1n) is 12.1. The Morgan fingerprint density at radius 1 is 1.03 bits per heavy atom. The van der Waals surface area contributed by atoms with E-state index in [1.165, 1.54) is 0 Å². The van der Waals surface area contributed by atoms with Gasteiger partial charge in [-0.1, -0.05) is 62.4 Å². The van der Waals surface area contributed by atoms with Gasteiger partial charge in [0, 0.05) is 18.5 Å². The molecule has 0 bridgehead atoms. The van der Waals surface area contributed by atoms with E-state index < -0.39 is 17.6 Å². The lowest BCUT2D eigenvalue weighted by Gasteiger charge is -2.37. The van der Waals surface area contributed by atoms with Crippen molar-refractivity contribution in [2.24, 2.45) is 0 Å². The number of carbonyl (C=O) groups excluding carboxylic acids is 2. The fourth-order valence-corrected chi connectivity index (χ4v) is 5.40. The van der Waals surface area contributed by atoms with Crippen molar-refractivity contribution in [1.29, 1.82) is 0 Å². The molecule has 0 aromatic heterocycles. The number of benzene rings is 2. The quantitative estimate of drug-likeness (QED) is 0.598. The van der Waals surface area contributed by atoms with Crippen LogP contribution in [0.25, 0.3) is 11.1 Å². The summed E-state index contributed by atoms with van der Waals surface area (Å²) >= 11 is 0. The van der Waals surface area contributed by atoms with Gasteiger partial charge in [0.1, 0.15) is 12.1 Å². The number of likely N-dealkylation sites (tertiary alicyclic amines) is 1. The van der Waals surface area contributed by atoms with E-state index in [1.807, 2.05) is 38.1 Å². The van der Waals surface area contributed by atoms with E-state index in [0.717, 1.165) is 28.7 Å². The van der Waals surface area contributed by atoms with Gasteiger partial charge in [-0.3, -0.25) is 9.59 Å². The molecule has 0 spiro atoms. The van der Waals surface area contributed by atoms with Gasteiger partial charge in [0.05, 0.1) is 6.42 Å². The smallest absolute Gasteiger partial charge is 0.408 e. The highest BCUT2D eigenvalue weighted by atomic mass is 16.5. The van der Waals surface area contributed by atoms with Crippen LogP contribution in [0.2, 0.25) is 0 Å². The van der Waals surface area contributed by atoms with Crippen molar-refractivity contribution < 1.29 is 24.2 Å². The lowest BCUT2D eigenvalue weighted by Crippen LogP contribution is -2.60. The number of carboxylic acid groups (broad SMARTS) is 1. The molecule has 180 valence electrons. The third-order valence-electron chi connectivity index (χ3n) is 7.35. The van der Waals surface area contributed by atoms with Gasteiger partial charge in [-0.2, -0.15) is 0 Å². The van der Waals surface area contributed by atoms with E-state index in [9.17, 15) is 19.5 Å². The Hall–Kier alpha value is -3.35. The Labute approximate surface area is 200 Å². The summed E-state index contributed by atoms with van der Waals surface area (Å²) in [6.07, 6.45) is 1.49. The van der Waals surface area contributed by atoms with Crippen LogP contribution in [-0.4, -0.2) is 52.7 Å². The van der Waals surface area contributed by atoms with Gasteiger partial charge in [0.15, 0.2) is 0 Å². The van der Waals surface area contributed by atoms with Crippen LogP contribution in [0.5, 0.6) is 0 Å². The number of hydrogen-bond donors (Lipinski definition) is 2. The topological polar surface area (TPSA) is 95.9 Å². The number of aliphatic carboxylic acids is 1. The molecule has 1 heterocycles. The average Bonchev–Trinajstić information content (AvgIpc) is 3.43. The van der Waals surface area contributed by atoms with Crippen molar-refractivity contribution in [1.82, 2.24) is 10.2 Å². The van der Waals surface area contributed by atoms with Crippen molar-refractivity contribution in [3.63, 3.8) is 0 Å². The molecule has 1 saturated heterocycles. The van der Waals surface area contributed by atoms with Crippen molar-refractivity contribution in [3.05, 3.63) is 59.7 Å². The van der Waals surface area contributed by atoms with Gasteiger partial charge in [-0.05, 0) is 47.9 Å². The first-order valence-corrected chi connectivity index (χ1v) is 12.1. The minimum absolute atomic E-state index is 0.0648. The highest BCUT2D eigenvalue weighted by molar-refractivity contribution is 5.90. The van der Waals surface area contributed by atoms with Crippen LogP contribution >= 0.6 is 0 Å². The van der Waals surface area contributed by atoms with E-state index >= 15 is 0 Å². The van der Waals surface area contributed by atoms with Gasteiger partial charge in [0.2, 0.25) is 5.91 Å². The van der Waals surface area contributed by atoms with Crippen molar-refractivity contribution in [2.75, 3.05) is 13.2 Å². The zero-order valence-electron chi connectivity index (χ0n) is 19.8. The number of carboxylic acids is 1. The Kier molecular flexibility index (Phi) is 6.91. The van der Waals surface area contributed by atoms with E-state index in [-0.39, 0.29) is 30.9 Å². The van der Waals surface area contributed by atoms with Gasteiger partial charge in [-0.25, -0.2) is 4.79 Å². The monoisotopic (exact) mass is 464 g/mol. The summed E-state index contributed by atoms with van der Waals surface area (Å²) in [4.78, 5) is 39.3. The van der Waals surface area contributed by atoms with E-state index in [2.05, 4.69) is 29.6 Å². The van der Waals surface area contributed by atoms with Crippen LogP contribution in [0, 0.1) is 0 Å². The van der Waals surface area contributed by atoms with Gasteiger partial charge in [-0.15, -0.1) is 0 Å². The molecule has 2 aromatic rings. The third kappa shape index (κ3) is 4.39. The van der Waals surface area contributed by atoms with Crippen LogP contribution < -0.4 is 5.32 Å². The molecule has 1 unspecified atom stereocenters. The summed E-state index contributed by atoms with van der Waals surface area (Å²) in [6.45, 7) is 4.38. The van der Waals surface area contributed by atoms with Crippen LogP contribution in [0.1, 0.15) is 63.0 Å². The Morgan fingerprint density at radius 3 is 2.18 bits per heavy atom. The Balaban J connectivity index is 1.47. The maximum absolute atomic E-state index is 13.5. The van der Waals surface area contributed by atoms with Gasteiger partial charge in [0.25, 0.3) is 0 Å². The molecule has 0 radical (unpaired) electrons. The van der Waals surface area contributed by atoms with Crippen molar-refractivity contribution >= 4 is 18.0 Å². The third-order valence-corrected chi connectivity index (χ3v) is 7.35. The Morgan fingerprint density at radius 2 is 1.62 bits per heavy atom. The number of fused-ring (bicyclic) bond motifs is 3. The van der Waals surface area contributed by atoms with E-state index in [1.54, 1.807) is 4.90 Å². The van der Waals surface area contributed by atoms with Crippen LogP contribution in [0.3, 0.4) is 0 Å². The van der Waals surface area contributed by atoms with Crippen LogP contribution in [0.15, 0.2) is 48.5 Å². The van der Waals surface area contributed by atoms with Crippen LogP contribution in [-0.2, 0) is 14.3 Å². The second-order valence-electron chi connectivity index (χ2n) is 9.13. The predicted molar refractivity (Wildman–Crippen MR) is 129 cm³/mol. The number of alkyl carbamates (subject to hydrolysis) is 1.